The Morgan fingerprint density at radius 2 is 1.41 bits per heavy atom. The lowest BCUT2D eigenvalue weighted by atomic mass is 9.82. The predicted molar refractivity (Wildman–Crippen MR) is 119 cm³/mol. The van der Waals surface area contributed by atoms with Crippen molar-refractivity contribution in [3.63, 3.8) is 0 Å². The first-order valence-corrected chi connectivity index (χ1v) is 10.1. The monoisotopic (exact) mass is 437 g/mol. The van der Waals surface area contributed by atoms with Crippen LogP contribution in [-0.2, 0) is 19.1 Å². The summed E-state index contributed by atoms with van der Waals surface area (Å²) in [5.41, 5.74) is 2.17. The number of hydrogen-bond donors (Lipinski definition) is 0. The third-order valence-electron chi connectivity index (χ3n) is 5.51. The summed E-state index contributed by atoms with van der Waals surface area (Å²) in [6.45, 7) is 1.98. The van der Waals surface area contributed by atoms with Gasteiger partial charge in [0.1, 0.15) is 0 Å². The molecule has 0 bridgehead atoms. The normalized spacial score (nSPS) is 14.7. The van der Waals surface area contributed by atoms with Crippen LogP contribution in [0.15, 0.2) is 72.1 Å². The lowest BCUT2D eigenvalue weighted by Gasteiger charge is -2.34. The molecular weight excluding hydrogens is 410 g/mol. The minimum atomic E-state index is -0.765. The van der Waals surface area contributed by atoms with Gasteiger partial charge in [0, 0.05) is 18.0 Å². The molecule has 168 valence electrons. The Morgan fingerprint density at radius 3 is 1.91 bits per heavy atom. The topological polar surface area (TPSA) is 74.3 Å². The summed E-state index contributed by atoms with van der Waals surface area (Å²) < 4.78 is 21.2. The zero-order valence-corrected chi connectivity index (χ0v) is 18.8. The Balaban J connectivity index is 2.21. The van der Waals surface area contributed by atoms with Crippen molar-refractivity contribution in [1.82, 2.24) is 4.90 Å². The van der Waals surface area contributed by atoms with E-state index in [1.54, 1.807) is 30.6 Å². The Labute approximate surface area is 187 Å². The Bertz CT molecular complexity index is 1010. The Hall–Kier alpha value is -3.74. The summed E-state index contributed by atoms with van der Waals surface area (Å²) in [7, 11) is 5.66. The highest BCUT2D eigenvalue weighted by Gasteiger charge is 2.38. The second kappa shape index (κ2) is 10.0. The molecular formula is C25H27NO6. The average molecular weight is 437 g/mol. The molecule has 0 aromatic heterocycles. The molecule has 7 nitrogen and oxygen atoms in total. The smallest absolute Gasteiger partial charge is 0.336 e. The van der Waals surface area contributed by atoms with Gasteiger partial charge in [0.2, 0.25) is 0 Å². The number of carbonyl (C=O) groups excluding carboxylic acids is 2. The lowest BCUT2D eigenvalue weighted by molar-refractivity contribution is -0.137. The van der Waals surface area contributed by atoms with Gasteiger partial charge in [-0.2, -0.15) is 0 Å². The van der Waals surface area contributed by atoms with Crippen molar-refractivity contribution in [3.8, 4) is 11.5 Å². The summed E-state index contributed by atoms with van der Waals surface area (Å²) in [4.78, 5) is 27.6. The fourth-order valence-corrected chi connectivity index (χ4v) is 3.85. The van der Waals surface area contributed by atoms with Gasteiger partial charge >= 0.3 is 11.9 Å². The van der Waals surface area contributed by atoms with E-state index < -0.39 is 17.9 Å². The van der Waals surface area contributed by atoms with E-state index in [0.717, 1.165) is 5.56 Å². The molecule has 2 aromatic rings. The van der Waals surface area contributed by atoms with Gasteiger partial charge in [-0.15, -0.1) is 0 Å². The second-order valence-corrected chi connectivity index (χ2v) is 7.20. The van der Waals surface area contributed by atoms with E-state index in [0.29, 0.717) is 17.1 Å². The van der Waals surface area contributed by atoms with Gasteiger partial charge in [0.05, 0.1) is 51.5 Å². The highest BCUT2D eigenvalue weighted by atomic mass is 16.5. The van der Waals surface area contributed by atoms with E-state index in [9.17, 15) is 9.59 Å². The molecule has 7 heteroatoms. The van der Waals surface area contributed by atoms with Gasteiger partial charge in [-0.3, -0.25) is 0 Å². The molecule has 3 rings (SSSR count). The van der Waals surface area contributed by atoms with E-state index >= 15 is 0 Å². The van der Waals surface area contributed by atoms with Crippen LogP contribution in [0.3, 0.4) is 0 Å². The second-order valence-electron chi connectivity index (χ2n) is 7.20. The van der Waals surface area contributed by atoms with Crippen molar-refractivity contribution in [1.29, 1.82) is 0 Å². The molecule has 0 saturated carbocycles. The molecule has 0 aliphatic carbocycles. The molecule has 0 saturated heterocycles. The van der Waals surface area contributed by atoms with Crippen LogP contribution >= 0.6 is 0 Å². The van der Waals surface area contributed by atoms with Crippen LogP contribution in [-0.4, -0.2) is 45.3 Å². The zero-order chi connectivity index (χ0) is 23.3. The molecule has 32 heavy (non-hydrogen) atoms. The standard InChI is InChI=1S/C25H27NO6/c1-16(17-10-7-6-8-11-17)26-14-19(24(27)31-4)22(20(15-26)25(28)32-5)18-12-9-13-21(29-2)23(18)30-3/h6-16,22H,1-5H3/t16-/m1/s1. The maximum absolute atomic E-state index is 12.9. The number of methoxy groups -OCH3 is 4. The molecule has 0 spiro atoms. The lowest BCUT2D eigenvalue weighted by Crippen LogP contribution is -2.30. The molecule has 1 heterocycles. The minimum Gasteiger partial charge on any atom is -0.493 e. The van der Waals surface area contributed by atoms with Crippen LogP contribution < -0.4 is 9.47 Å². The van der Waals surface area contributed by atoms with E-state index in [2.05, 4.69) is 0 Å². The first-order valence-electron chi connectivity index (χ1n) is 10.1. The van der Waals surface area contributed by atoms with E-state index in [-0.39, 0.29) is 17.2 Å². The number of esters is 2. The third-order valence-corrected chi connectivity index (χ3v) is 5.51. The van der Waals surface area contributed by atoms with Crippen LogP contribution in [0.5, 0.6) is 11.5 Å². The Morgan fingerprint density at radius 1 is 0.812 bits per heavy atom. The summed E-state index contributed by atoms with van der Waals surface area (Å²) >= 11 is 0. The maximum atomic E-state index is 12.9. The number of ether oxygens (including phenoxy) is 4. The van der Waals surface area contributed by atoms with E-state index in [1.807, 2.05) is 42.2 Å². The summed E-state index contributed by atoms with van der Waals surface area (Å²) in [6.07, 6.45) is 3.42. The maximum Gasteiger partial charge on any atom is 0.336 e. The number of carbonyl (C=O) groups is 2. The van der Waals surface area contributed by atoms with Gasteiger partial charge in [-0.25, -0.2) is 9.59 Å². The summed E-state index contributed by atoms with van der Waals surface area (Å²) in [5.74, 6) is -0.967. The number of nitrogens with zero attached hydrogens (tertiary/aromatic N) is 1. The summed E-state index contributed by atoms with van der Waals surface area (Å²) in [6, 6.07) is 14.9. The van der Waals surface area contributed by atoms with Gasteiger partial charge in [-0.05, 0) is 18.6 Å². The first kappa shape index (κ1) is 22.9. The van der Waals surface area contributed by atoms with E-state index in [4.69, 9.17) is 18.9 Å². The molecule has 1 aliphatic heterocycles. The SMILES string of the molecule is COC(=O)C1=CN([C@H](C)c2ccccc2)C=C(C(=O)OC)C1c1cccc(OC)c1OC. The molecule has 0 fully saturated rings. The van der Waals surface area contributed by atoms with Gasteiger partial charge in [-0.1, -0.05) is 42.5 Å². The third kappa shape index (κ3) is 4.32. The fourth-order valence-electron chi connectivity index (χ4n) is 3.85. The predicted octanol–water partition coefficient (Wildman–Crippen LogP) is 3.98. The molecule has 0 radical (unpaired) electrons. The fraction of sp³-hybridized carbons (Fsp3) is 0.280. The average Bonchev–Trinajstić information content (AvgIpc) is 2.86. The number of para-hydroxylation sites is 1. The molecule has 1 atom stereocenters. The highest BCUT2D eigenvalue weighted by Crippen LogP contribution is 2.45. The number of benzene rings is 2. The van der Waals surface area contributed by atoms with Crippen molar-refractivity contribution in [3.05, 3.63) is 83.2 Å². The van der Waals surface area contributed by atoms with Crippen molar-refractivity contribution >= 4 is 11.9 Å². The van der Waals surface area contributed by atoms with Crippen LogP contribution in [0, 0.1) is 0 Å². The van der Waals surface area contributed by atoms with Crippen LogP contribution in [0.2, 0.25) is 0 Å². The van der Waals surface area contributed by atoms with Crippen molar-refractivity contribution in [2.45, 2.75) is 18.9 Å². The van der Waals surface area contributed by atoms with Crippen LogP contribution in [0.4, 0.5) is 0 Å². The minimum absolute atomic E-state index is 0.149. The number of rotatable bonds is 7. The number of hydrogen-bond acceptors (Lipinski definition) is 7. The largest absolute Gasteiger partial charge is 0.493 e. The summed E-state index contributed by atoms with van der Waals surface area (Å²) in [5, 5.41) is 0. The highest BCUT2D eigenvalue weighted by molar-refractivity contribution is 5.99. The van der Waals surface area contributed by atoms with Gasteiger partial charge in [0.25, 0.3) is 0 Å². The van der Waals surface area contributed by atoms with Crippen LogP contribution in [0.25, 0.3) is 0 Å². The van der Waals surface area contributed by atoms with E-state index in [1.165, 1.54) is 28.4 Å². The van der Waals surface area contributed by atoms with Crippen LogP contribution in [0.1, 0.15) is 30.0 Å². The molecule has 0 N–H and O–H groups in total. The Kier molecular flexibility index (Phi) is 7.20. The van der Waals surface area contributed by atoms with Gasteiger partial charge in [0.15, 0.2) is 11.5 Å². The first-order chi connectivity index (χ1) is 15.5. The molecule has 0 amide bonds. The van der Waals surface area contributed by atoms with Crippen molar-refractivity contribution in [2.24, 2.45) is 0 Å². The van der Waals surface area contributed by atoms with Gasteiger partial charge < -0.3 is 23.8 Å². The molecule has 2 aromatic carbocycles. The molecule has 1 aliphatic rings. The van der Waals surface area contributed by atoms with Crippen molar-refractivity contribution < 1.29 is 28.5 Å². The quantitative estimate of drug-likeness (QED) is 0.607. The van der Waals surface area contributed by atoms with Crippen molar-refractivity contribution in [2.75, 3.05) is 28.4 Å². The molecule has 0 unspecified atom stereocenters. The zero-order valence-electron chi connectivity index (χ0n) is 18.8.